The van der Waals surface area contributed by atoms with Crippen molar-refractivity contribution in [3.63, 3.8) is 0 Å². The Morgan fingerprint density at radius 3 is 2.22 bits per heavy atom. The fourth-order valence-electron chi connectivity index (χ4n) is 5.03. The number of carbonyl (C=O) groups is 1. The van der Waals surface area contributed by atoms with Gasteiger partial charge in [-0.3, -0.25) is 4.79 Å². The van der Waals surface area contributed by atoms with E-state index in [1.807, 2.05) is 0 Å². The lowest BCUT2D eigenvalue weighted by Gasteiger charge is -2.42. The summed E-state index contributed by atoms with van der Waals surface area (Å²) >= 11 is 0. The molecular weight excluding hydrogens is 596 g/mol. The molecule has 0 aliphatic carbocycles. The second kappa shape index (κ2) is 12.4. The second-order valence-corrected chi connectivity index (χ2v) is 10.2. The predicted molar refractivity (Wildman–Crippen MR) is 155 cm³/mol. The van der Waals surface area contributed by atoms with Crippen molar-refractivity contribution in [2.24, 2.45) is 0 Å². The van der Waals surface area contributed by atoms with Gasteiger partial charge in [0.2, 0.25) is 0 Å². The highest BCUT2D eigenvalue weighted by atomic mass is 16.6. The third-order valence-electron chi connectivity index (χ3n) is 7.31. The number of ether oxygens (including phenoxy) is 3. The number of aliphatic hydroxyl groups is 2. The van der Waals surface area contributed by atoms with Crippen LogP contribution in [0.3, 0.4) is 0 Å². The van der Waals surface area contributed by atoms with E-state index in [0.29, 0.717) is 5.56 Å². The van der Waals surface area contributed by atoms with Crippen LogP contribution in [0.5, 0.6) is 34.5 Å². The Morgan fingerprint density at radius 2 is 1.56 bits per heavy atom. The molecule has 0 saturated carbocycles. The van der Waals surface area contributed by atoms with Crippen LogP contribution in [0.25, 0.3) is 28.4 Å². The molecule has 14 nitrogen and oxygen atoms in total. The lowest BCUT2D eigenvalue weighted by molar-refractivity contribution is -0.240. The van der Waals surface area contributed by atoms with E-state index in [-0.39, 0.29) is 28.0 Å². The lowest BCUT2D eigenvalue weighted by atomic mass is 9.89. The molecule has 0 unspecified atom stereocenters. The highest BCUT2D eigenvalue weighted by molar-refractivity contribution is 5.88. The van der Waals surface area contributed by atoms with Crippen molar-refractivity contribution in [2.45, 2.75) is 30.5 Å². The third kappa shape index (κ3) is 6.07. The van der Waals surface area contributed by atoms with Crippen molar-refractivity contribution in [1.29, 1.82) is 0 Å². The number of fused-ring (bicyclic) bond motifs is 1. The highest BCUT2D eigenvalue weighted by Crippen LogP contribution is 2.45. The largest absolute Gasteiger partial charge is 0.507 e. The van der Waals surface area contributed by atoms with E-state index in [9.17, 15) is 50.4 Å². The molecule has 1 saturated heterocycles. The molecular formula is C31H28O14. The topological polar surface area (TPSA) is 237 Å². The Hall–Kier alpha value is -5.28. The Bertz CT molecular complexity index is 1840. The Morgan fingerprint density at radius 1 is 0.867 bits per heavy atom. The highest BCUT2D eigenvalue weighted by Gasteiger charge is 2.47. The maximum Gasteiger partial charge on any atom is 0.330 e. The molecule has 0 amide bonds. The first-order chi connectivity index (χ1) is 21.4. The van der Waals surface area contributed by atoms with Gasteiger partial charge in [0.1, 0.15) is 65.4 Å². The Kier molecular flexibility index (Phi) is 8.57. The number of phenolic OH excluding ortho intramolecular Hbond substituents is 6. The van der Waals surface area contributed by atoms with Gasteiger partial charge in [-0.1, -0.05) is 6.07 Å². The van der Waals surface area contributed by atoms with Gasteiger partial charge in [-0.25, -0.2) is 4.79 Å². The number of esters is 1. The average Bonchev–Trinajstić information content (AvgIpc) is 2.99. The van der Waals surface area contributed by atoms with Crippen molar-refractivity contribution in [2.75, 3.05) is 13.7 Å². The standard InChI is InChI=1S/C31H28O14/c1-42-30-23(12-43-24(38)7-3-13-2-5-15(32)17(34)8-13)45-31(29(41)28(30)40)26-20(37)11-22-25(27(26)39)19(36)10-21(44-22)14-4-6-16(33)18(35)9-14/h2-11,23,28-35,37,39-41H,12H2,1H3/t23-,28-,29-,30-,31+/m1/s1. The fraction of sp³-hybridized carbons (Fsp3) is 0.226. The first kappa shape index (κ1) is 31.2. The molecule has 45 heavy (non-hydrogen) atoms. The number of aromatic hydroxyl groups is 6. The minimum Gasteiger partial charge on any atom is -0.507 e. The minimum absolute atomic E-state index is 0.0557. The summed E-state index contributed by atoms with van der Waals surface area (Å²) in [4.78, 5) is 25.5. The third-order valence-corrected chi connectivity index (χ3v) is 7.31. The molecule has 236 valence electrons. The van der Waals surface area contributed by atoms with E-state index < -0.39 is 82.8 Å². The molecule has 2 heterocycles. The van der Waals surface area contributed by atoms with Crippen LogP contribution >= 0.6 is 0 Å². The summed E-state index contributed by atoms with van der Waals surface area (Å²) in [7, 11) is 1.22. The summed E-state index contributed by atoms with van der Waals surface area (Å²) < 4.78 is 22.0. The zero-order valence-electron chi connectivity index (χ0n) is 23.4. The number of hydrogen-bond acceptors (Lipinski definition) is 14. The van der Waals surface area contributed by atoms with Crippen molar-refractivity contribution in [3.05, 3.63) is 76.0 Å². The van der Waals surface area contributed by atoms with Gasteiger partial charge in [-0.05, 0) is 42.0 Å². The van der Waals surface area contributed by atoms with Crippen LogP contribution in [0.1, 0.15) is 17.2 Å². The van der Waals surface area contributed by atoms with Gasteiger partial charge in [0.25, 0.3) is 0 Å². The summed E-state index contributed by atoms with van der Waals surface area (Å²) in [5, 5.41) is 81.7. The molecule has 5 rings (SSSR count). The molecule has 4 aromatic rings. The van der Waals surface area contributed by atoms with Gasteiger partial charge in [0, 0.05) is 30.9 Å². The zero-order valence-corrected chi connectivity index (χ0v) is 23.4. The second-order valence-electron chi connectivity index (χ2n) is 10.2. The molecule has 5 atom stereocenters. The van der Waals surface area contributed by atoms with E-state index in [1.54, 1.807) is 0 Å². The molecule has 3 aromatic carbocycles. The molecule has 1 aliphatic heterocycles. The van der Waals surface area contributed by atoms with E-state index in [1.165, 1.54) is 43.5 Å². The minimum atomic E-state index is -1.79. The van der Waals surface area contributed by atoms with Crippen molar-refractivity contribution in [1.82, 2.24) is 0 Å². The maximum atomic E-state index is 13.1. The number of aliphatic hydroxyl groups excluding tert-OH is 2. The molecule has 8 N–H and O–H groups in total. The number of benzene rings is 3. The van der Waals surface area contributed by atoms with Crippen LogP contribution in [0.2, 0.25) is 0 Å². The molecule has 1 aromatic heterocycles. The van der Waals surface area contributed by atoms with Crippen molar-refractivity contribution in [3.8, 4) is 45.8 Å². The lowest BCUT2D eigenvalue weighted by Crippen LogP contribution is -2.56. The van der Waals surface area contributed by atoms with Gasteiger partial charge >= 0.3 is 5.97 Å². The molecule has 0 spiro atoms. The average molecular weight is 625 g/mol. The quantitative estimate of drug-likeness (QED) is 0.0835. The smallest absolute Gasteiger partial charge is 0.330 e. The van der Waals surface area contributed by atoms with Crippen molar-refractivity contribution < 1.29 is 64.3 Å². The van der Waals surface area contributed by atoms with Crippen LogP contribution in [0.15, 0.2) is 63.8 Å². The summed E-state index contributed by atoms with van der Waals surface area (Å²) in [6, 6.07) is 9.60. The zero-order chi connectivity index (χ0) is 32.6. The molecule has 0 radical (unpaired) electrons. The number of phenols is 6. The normalized spacial score (nSPS) is 21.7. The van der Waals surface area contributed by atoms with Crippen molar-refractivity contribution >= 4 is 23.0 Å². The molecule has 0 bridgehead atoms. The first-order valence-electron chi connectivity index (χ1n) is 13.4. The summed E-state index contributed by atoms with van der Waals surface area (Å²) in [5.74, 6) is -3.98. The van der Waals surface area contributed by atoms with Crippen LogP contribution < -0.4 is 5.43 Å². The number of carbonyl (C=O) groups excluding carboxylic acids is 1. The van der Waals surface area contributed by atoms with E-state index in [0.717, 1.165) is 24.3 Å². The number of hydrogen-bond donors (Lipinski definition) is 8. The monoisotopic (exact) mass is 624 g/mol. The predicted octanol–water partition coefficient (Wildman–Crippen LogP) is 2.13. The van der Waals surface area contributed by atoms with Gasteiger partial charge in [-0.15, -0.1) is 0 Å². The maximum absolute atomic E-state index is 13.1. The summed E-state index contributed by atoms with van der Waals surface area (Å²) in [6.45, 7) is -0.511. The Labute approximate surface area is 253 Å². The van der Waals surface area contributed by atoms with E-state index >= 15 is 0 Å². The van der Waals surface area contributed by atoms with E-state index in [2.05, 4.69) is 0 Å². The van der Waals surface area contributed by atoms with E-state index in [4.69, 9.17) is 18.6 Å². The van der Waals surface area contributed by atoms with Crippen LogP contribution in [-0.4, -0.2) is 85.0 Å². The molecule has 1 aliphatic rings. The summed E-state index contributed by atoms with van der Waals surface area (Å²) in [6.07, 6.45) is -5.20. The SMILES string of the molecule is CO[C@H]1[C@H](O)[C@@H](O)[C@H](c2c(O)cc3oc(-c4ccc(O)c(O)c4)cc(=O)c3c2O)O[C@@H]1COC(=O)C=Cc1ccc(O)c(O)c1. The summed E-state index contributed by atoms with van der Waals surface area (Å²) in [5.41, 5.74) is -0.888. The van der Waals surface area contributed by atoms with Gasteiger partial charge in [0.05, 0.1) is 5.56 Å². The number of methoxy groups -OCH3 is 1. The Balaban J connectivity index is 1.42. The van der Waals surface area contributed by atoms with Gasteiger partial charge in [0.15, 0.2) is 28.4 Å². The number of rotatable bonds is 7. The van der Waals surface area contributed by atoms with Crippen LogP contribution in [0.4, 0.5) is 0 Å². The van der Waals surface area contributed by atoms with Gasteiger partial charge < -0.3 is 59.5 Å². The molecule has 1 fully saturated rings. The van der Waals surface area contributed by atoms with Gasteiger partial charge in [-0.2, -0.15) is 0 Å². The molecule has 14 heteroatoms. The first-order valence-corrected chi connectivity index (χ1v) is 13.4. The van der Waals surface area contributed by atoms with Crippen LogP contribution in [0, 0.1) is 0 Å². The fourth-order valence-corrected chi connectivity index (χ4v) is 5.03. The van der Waals surface area contributed by atoms with Crippen LogP contribution in [-0.2, 0) is 19.0 Å².